The lowest BCUT2D eigenvalue weighted by Crippen LogP contribution is -2.37. The molecular formula is C8H13N3O2. The van der Waals surface area contributed by atoms with Crippen molar-refractivity contribution >= 4 is 0 Å². The third-order valence-electron chi connectivity index (χ3n) is 2.26. The second kappa shape index (κ2) is 3.35. The summed E-state index contributed by atoms with van der Waals surface area (Å²) in [6.07, 6.45) is 1.73. The van der Waals surface area contributed by atoms with Gasteiger partial charge in [-0.05, 0) is 0 Å². The smallest absolute Gasteiger partial charge is 0.271 e. The van der Waals surface area contributed by atoms with Crippen molar-refractivity contribution in [3.05, 3.63) is 22.1 Å². The zero-order valence-electron chi connectivity index (χ0n) is 7.54. The summed E-state index contributed by atoms with van der Waals surface area (Å²) in [4.78, 5) is 11.5. The Kier molecular flexibility index (Phi) is 2.20. The van der Waals surface area contributed by atoms with E-state index in [9.17, 15) is 4.79 Å². The molecule has 0 aliphatic carbocycles. The van der Waals surface area contributed by atoms with Crippen LogP contribution in [-0.4, -0.2) is 29.5 Å². The van der Waals surface area contributed by atoms with Crippen molar-refractivity contribution in [3.63, 3.8) is 0 Å². The van der Waals surface area contributed by atoms with Crippen LogP contribution in [0.25, 0.3) is 0 Å². The van der Waals surface area contributed by atoms with Gasteiger partial charge in [0.1, 0.15) is 0 Å². The summed E-state index contributed by atoms with van der Waals surface area (Å²) in [5, 5.41) is 6.07. The van der Waals surface area contributed by atoms with Gasteiger partial charge in [0.15, 0.2) is 0 Å². The predicted octanol–water partition coefficient (Wildman–Crippen LogP) is -0.626. The van der Waals surface area contributed by atoms with Crippen LogP contribution in [-0.2, 0) is 11.8 Å². The number of aromatic nitrogens is 2. The first-order valence-electron chi connectivity index (χ1n) is 4.34. The number of hydrogen-bond donors (Lipinski definition) is 2. The molecular weight excluding hydrogens is 170 g/mol. The summed E-state index contributed by atoms with van der Waals surface area (Å²) in [6.45, 7) is 2.10. The highest BCUT2D eigenvalue weighted by molar-refractivity contribution is 5.11. The molecule has 0 aromatic carbocycles. The van der Waals surface area contributed by atoms with Crippen LogP contribution in [0.1, 0.15) is 11.6 Å². The number of nitrogens with zero attached hydrogens (tertiary/aromatic N) is 1. The Morgan fingerprint density at radius 3 is 3.08 bits per heavy atom. The molecule has 1 aliphatic heterocycles. The summed E-state index contributed by atoms with van der Waals surface area (Å²) in [5.41, 5.74) is 0.769. The van der Waals surface area contributed by atoms with E-state index in [0.717, 1.165) is 18.7 Å². The molecule has 1 aromatic heterocycles. The predicted molar refractivity (Wildman–Crippen MR) is 47.6 cm³/mol. The number of ether oxygens (including phenoxy) is 1. The molecule has 0 spiro atoms. The average Bonchev–Trinajstić information content (AvgIpc) is 2.49. The van der Waals surface area contributed by atoms with Gasteiger partial charge in [-0.25, -0.2) is 0 Å². The molecule has 2 heterocycles. The monoisotopic (exact) mass is 183 g/mol. The molecule has 5 heteroatoms. The van der Waals surface area contributed by atoms with E-state index >= 15 is 0 Å². The van der Waals surface area contributed by atoms with Crippen LogP contribution in [0.2, 0.25) is 0 Å². The van der Waals surface area contributed by atoms with Gasteiger partial charge in [0, 0.05) is 19.8 Å². The minimum absolute atomic E-state index is 0.0167. The molecule has 0 radical (unpaired) electrons. The first-order valence-corrected chi connectivity index (χ1v) is 4.34. The molecule has 1 atom stereocenters. The number of H-pyrrole nitrogens is 1. The van der Waals surface area contributed by atoms with Gasteiger partial charge in [0.05, 0.1) is 24.8 Å². The molecule has 1 unspecified atom stereocenters. The molecule has 5 nitrogen and oxygen atoms in total. The van der Waals surface area contributed by atoms with Crippen molar-refractivity contribution in [1.29, 1.82) is 0 Å². The standard InChI is InChI=1S/C8H13N3O2/c1-11-8(12)6(4-10-11)7-5-13-3-2-9-7/h4,7,9-10H,2-3,5H2,1H3. The van der Waals surface area contributed by atoms with E-state index in [0.29, 0.717) is 6.61 Å². The normalized spacial score (nSPS) is 23.3. The Morgan fingerprint density at radius 2 is 2.54 bits per heavy atom. The van der Waals surface area contributed by atoms with Gasteiger partial charge in [-0.2, -0.15) is 0 Å². The van der Waals surface area contributed by atoms with Crippen LogP contribution in [0.5, 0.6) is 0 Å². The second-order valence-electron chi connectivity index (χ2n) is 3.17. The fourth-order valence-electron chi connectivity index (χ4n) is 1.50. The molecule has 2 rings (SSSR count). The molecule has 0 bridgehead atoms. The number of morpholine rings is 1. The summed E-state index contributed by atoms with van der Waals surface area (Å²) >= 11 is 0. The molecule has 0 saturated carbocycles. The Bertz CT molecular complexity index is 335. The van der Waals surface area contributed by atoms with E-state index in [1.54, 1.807) is 13.2 Å². The van der Waals surface area contributed by atoms with E-state index in [4.69, 9.17) is 4.74 Å². The van der Waals surface area contributed by atoms with Crippen LogP contribution in [0.4, 0.5) is 0 Å². The molecule has 13 heavy (non-hydrogen) atoms. The minimum Gasteiger partial charge on any atom is -0.378 e. The van der Waals surface area contributed by atoms with Gasteiger partial charge >= 0.3 is 0 Å². The SMILES string of the molecule is Cn1[nH]cc(C2COCCN2)c1=O. The fraction of sp³-hybridized carbons (Fsp3) is 0.625. The topological polar surface area (TPSA) is 59.0 Å². The number of rotatable bonds is 1. The molecule has 2 N–H and O–H groups in total. The molecule has 1 aromatic rings. The molecule has 1 fully saturated rings. The van der Waals surface area contributed by atoms with Crippen molar-refractivity contribution in [2.24, 2.45) is 7.05 Å². The summed E-state index contributed by atoms with van der Waals surface area (Å²) < 4.78 is 6.74. The van der Waals surface area contributed by atoms with Crippen molar-refractivity contribution in [3.8, 4) is 0 Å². The summed E-state index contributed by atoms with van der Waals surface area (Å²) in [5.74, 6) is 0. The maximum absolute atomic E-state index is 11.5. The highest BCUT2D eigenvalue weighted by Crippen LogP contribution is 2.10. The van der Waals surface area contributed by atoms with Crippen LogP contribution in [0.3, 0.4) is 0 Å². The Labute approximate surface area is 75.7 Å². The quantitative estimate of drug-likeness (QED) is 0.609. The number of aryl methyl sites for hydroxylation is 1. The van der Waals surface area contributed by atoms with Gasteiger partial charge < -0.3 is 15.2 Å². The van der Waals surface area contributed by atoms with Crippen LogP contribution < -0.4 is 10.9 Å². The third-order valence-corrected chi connectivity index (χ3v) is 2.26. The van der Waals surface area contributed by atoms with Gasteiger partial charge in [-0.15, -0.1) is 0 Å². The zero-order valence-corrected chi connectivity index (χ0v) is 7.54. The Morgan fingerprint density at radius 1 is 1.69 bits per heavy atom. The maximum Gasteiger partial charge on any atom is 0.271 e. The van der Waals surface area contributed by atoms with Crippen LogP contribution in [0, 0.1) is 0 Å². The summed E-state index contributed by atoms with van der Waals surface area (Å²) in [6, 6.07) is 0.0405. The maximum atomic E-state index is 11.5. The fourth-order valence-corrected chi connectivity index (χ4v) is 1.50. The lowest BCUT2D eigenvalue weighted by molar-refractivity contribution is 0.0765. The number of aromatic amines is 1. The summed E-state index contributed by atoms with van der Waals surface area (Å²) in [7, 11) is 1.70. The first-order chi connectivity index (χ1) is 6.29. The Hall–Kier alpha value is -1.07. The van der Waals surface area contributed by atoms with Crippen molar-refractivity contribution in [2.75, 3.05) is 19.8 Å². The van der Waals surface area contributed by atoms with E-state index in [1.807, 2.05) is 0 Å². The molecule has 72 valence electrons. The number of nitrogens with one attached hydrogen (secondary N) is 2. The molecule has 1 saturated heterocycles. The molecule has 0 amide bonds. The largest absolute Gasteiger partial charge is 0.378 e. The second-order valence-corrected chi connectivity index (χ2v) is 3.17. The average molecular weight is 183 g/mol. The highest BCUT2D eigenvalue weighted by Gasteiger charge is 2.19. The van der Waals surface area contributed by atoms with Crippen LogP contribution >= 0.6 is 0 Å². The van der Waals surface area contributed by atoms with Gasteiger partial charge in [-0.3, -0.25) is 9.48 Å². The van der Waals surface area contributed by atoms with E-state index in [1.165, 1.54) is 4.68 Å². The van der Waals surface area contributed by atoms with Crippen molar-refractivity contribution in [1.82, 2.24) is 15.1 Å². The third kappa shape index (κ3) is 1.52. The van der Waals surface area contributed by atoms with Gasteiger partial charge in [-0.1, -0.05) is 0 Å². The zero-order chi connectivity index (χ0) is 9.26. The van der Waals surface area contributed by atoms with Crippen LogP contribution in [0.15, 0.2) is 11.0 Å². The van der Waals surface area contributed by atoms with E-state index in [-0.39, 0.29) is 11.6 Å². The van der Waals surface area contributed by atoms with E-state index < -0.39 is 0 Å². The molecule has 1 aliphatic rings. The van der Waals surface area contributed by atoms with E-state index in [2.05, 4.69) is 10.4 Å². The number of hydrogen-bond acceptors (Lipinski definition) is 3. The lowest BCUT2D eigenvalue weighted by atomic mass is 10.1. The first kappa shape index (κ1) is 8.52. The highest BCUT2D eigenvalue weighted by atomic mass is 16.5. The Balaban J connectivity index is 2.24. The minimum atomic E-state index is 0.0167. The van der Waals surface area contributed by atoms with Gasteiger partial charge in [0.2, 0.25) is 0 Å². The van der Waals surface area contributed by atoms with Gasteiger partial charge in [0.25, 0.3) is 5.56 Å². The lowest BCUT2D eigenvalue weighted by Gasteiger charge is -2.21. The van der Waals surface area contributed by atoms with Crippen molar-refractivity contribution in [2.45, 2.75) is 6.04 Å². The van der Waals surface area contributed by atoms with Crippen molar-refractivity contribution < 1.29 is 4.74 Å².